The average Bonchev–Trinajstić information content (AvgIpc) is 2.74. The van der Waals surface area contributed by atoms with Gasteiger partial charge >= 0.3 is 0 Å². The van der Waals surface area contributed by atoms with Crippen LogP contribution in [0.25, 0.3) is 22.2 Å². The highest BCUT2D eigenvalue weighted by Crippen LogP contribution is 2.29. The van der Waals surface area contributed by atoms with Crippen LogP contribution in [0.3, 0.4) is 0 Å². The number of rotatable bonds is 2. The second-order valence-electron chi connectivity index (χ2n) is 6.27. The number of aryl methyl sites for hydroxylation is 1. The van der Waals surface area contributed by atoms with Crippen LogP contribution in [0.5, 0.6) is 0 Å². The van der Waals surface area contributed by atoms with Crippen molar-refractivity contribution in [3.05, 3.63) is 48.7 Å². The van der Waals surface area contributed by atoms with Gasteiger partial charge in [-0.15, -0.1) is 0 Å². The first kappa shape index (κ1) is 13.1. The number of pyridine rings is 1. The summed E-state index contributed by atoms with van der Waals surface area (Å²) in [7, 11) is 0.683. The van der Waals surface area contributed by atoms with E-state index in [-0.39, 0.29) is 0 Å². The van der Waals surface area contributed by atoms with E-state index in [9.17, 15) is 0 Å². The van der Waals surface area contributed by atoms with Crippen molar-refractivity contribution in [1.29, 1.82) is 0 Å². The second-order valence-corrected chi connectivity index (χ2v) is 11.2. The number of aromatic nitrogens is 2. The minimum absolute atomic E-state index is 1.09. The first-order valence-electron chi connectivity index (χ1n) is 6.99. The number of hydrogen-bond acceptors (Lipinski definition) is 1. The fraction of sp³-hybridized carbons (Fsp3) is 0.235. The van der Waals surface area contributed by atoms with Gasteiger partial charge in [-0.1, -0.05) is 50.0 Å². The van der Waals surface area contributed by atoms with Crippen molar-refractivity contribution in [3.8, 4) is 11.1 Å². The van der Waals surface area contributed by atoms with Gasteiger partial charge in [0.25, 0.3) is 0 Å². The number of nitrogens with zero attached hydrogens (tertiary/aromatic N) is 2. The molecule has 0 radical (unpaired) electrons. The normalized spacial score (nSPS) is 12.0. The Bertz CT molecular complexity index is 752. The molecule has 0 aliphatic carbocycles. The van der Waals surface area contributed by atoms with Crippen molar-refractivity contribution < 1.29 is 0 Å². The third-order valence-corrected chi connectivity index (χ3v) is 5.73. The minimum Gasteiger partial charge on any atom is -0.336 e. The molecule has 0 aliphatic rings. The SMILES string of the molecule is Cn1c([Si](C)(C)C)c(-c2ccccc2)c2cccnc21. The van der Waals surface area contributed by atoms with Gasteiger partial charge in [-0.2, -0.15) is 0 Å². The summed E-state index contributed by atoms with van der Waals surface area (Å²) in [5.74, 6) is 0. The Kier molecular flexibility index (Phi) is 3.02. The Balaban J connectivity index is 2.46. The molecule has 20 heavy (non-hydrogen) atoms. The summed E-state index contributed by atoms with van der Waals surface area (Å²) in [6.45, 7) is 7.19. The summed E-state index contributed by atoms with van der Waals surface area (Å²) >= 11 is 0. The predicted molar refractivity (Wildman–Crippen MR) is 89.1 cm³/mol. The maximum Gasteiger partial charge on any atom is 0.140 e. The summed E-state index contributed by atoms with van der Waals surface area (Å²) < 4.78 is 2.30. The van der Waals surface area contributed by atoms with Crippen molar-refractivity contribution in [2.24, 2.45) is 7.05 Å². The Morgan fingerprint density at radius 3 is 2.30 bits per heavy atom. The molecule has 0 atom stereocenters. The van der Waals surface area contributed by atoms with Gasteiger partial charge in [0.05, 0.1) is 8.07 Å². The van der Waals surface area contributed by atoms with Crippen LogP contribution in [0.4, 0.5) is 0 Å². The molecule has 0 bridgehead atoms. The van der Waals surface area contributed by atoms with Gasteiger partial charge in [-0.05, 0) is 17.7 Å². The standard InChI is InChI=1S/C17H20N2Si/c1-19-16-14(11-8-12-18-16)15(17(19)20(2,3)4)13-9-6-5-7-10-13/h5-12H,1-4H3. The van der Waals surface area contributed by atoms with Crippen molar-refractivity contribution in [3.63, 3.8) is 0 Å². The van der Waals surface area contributed by atoms with Crippen LogP contribution in [0.15, 0.2) is 48.7 Å². The fourth-order valence-corrected chi connectivity index (χ4v) is 5.18. The molecule has 3 aromatic rings. The number of benzene rings is 1. The van der Waals surface area contributed by atoms with Gasteiger partial charge in [0.15, 0.2) is 0 Å². The van der Waals surface area contributed by atoms with Gasteiger partial charge in [0, 0.05) is 29.5 Å². The summed E-state index contributed by atoms with van der Waals surface area (Å²) in [4.78, 5) is 4.59. The Morgan fingerprint density at radius 2 is 1.65 bits per heavy atom. The van der Waals surface area contributed by atoms with E-state index in [0.29, 0.717) is 0 Å². The molecule has 0 saturated heterocycles. The zero-order valence-corrected chi connectivity index (χ0v) is 13.5. The van der Waals surface area contributed by atoms with E-state index >= 15 is 0 Å². The summed E-state index contributed by atoms with van der Waals surface area (Å²) in [5.41, 5.74) is 3.75. The lowest BCUT2D eigenvalue weighted by Crippen LogP contribution is -2.43. The third-order valence-electron chi connectivity index (χ3n) is 3.72. The highest BCUT2D eigenvalue weighted by molar-refractivity contribution is 6.89. The van der Waals surface area contributed by atoms with Gasteiger partial charge in [-0.3, -0.25) is 0 Å². The Hall–Kier alpha value is -1.87. The van der Waals surface area contributed by atoms with E-state index in [1.54, 1.807) is 0 Å². The average molecular weight is 280 g/mol. The summed E-state index contributed by atoms with van der Waals surface area (Å²) in [6, 6.07) is 14.9. The molecule has 0 fully saturated rings. The predicted octanol–water partition coefficient (Wildman–Crippen LogP) is 3.79. The van der Waals surface area contributed by atoms with Crippen LogP contribution < -0.4 is 5.32 Å². The van der Waals surface area contributed by atoms with Crippen LogP contribution >= 0.6 is 0 Å². The molecule has 2 aromatic heterocycles. The lowest BCUT2D eigenvalue weighted by Gasteiger charge is -2.20. The minimum atomic E-state index is -1.47. The highest BCUT2D eigenvalue weighted by Gasteiger charge is 2.27. The zero-order valence-electron chi connectivity index (χ0n) is 12.5. The van der Waals surface area contributed by atoms with E-state index in [2.05, 4.69) is 72.6 Å². The van der Waals surface area contributed by atoms with E-state index < -0.39 is 8.07 Å². The first-order valence-corrected chi connectivity index (χ1v) is 10.5. The maximum absolute atomic E-state index is 4.59. The zero-order chi connectivity index (χ0) is 14.3. The van der Waals surface area contributed by atoms with Crippen LogP contribution in [-0.4, -0.2) is 17.6 Å². The molecule has 3 heteroatoms. The first-order chi connectivity index (χ1) is 9.50. The van der Waals surface area contributed by atoms with Crippen molar-refractivity contribution in [2.45, 2.75) is 19.6 Å². The van der Waals surface area contributed by atoms with Gasteiger partial charge in [0.1, 0.15) is 5.65 Å². The highest BCUT2D eigenvalue weighted by atomic mass is 28.3. The topological polar surface area (TPSA) is 17.8 Å². The molecule has 0 N–H and O–H groups in total. The lowest BCUT2D eigenvalue weighted by atomic mass is 10.1. The molecular formula is C17H20N2Si. The lowest BCUT2D eigenvalue weighted by molar-refractivity contribution is 0.973. The van der Waals surface area contributed by atoms with Gasteiger partial charge < -0.3 is 4.57 Å². The van der Waals surface area contributed by atoms with Crippen molar-refractivity contribution >= 4 is 24.4 Å². The Labute approximate surface area is 121 Å². The van der Waals surface area contributed by atoms with Crippen molar-refractivity contribution in [1.82, 2.24) is 9.55 Å². The van der Waals surface area contributed by atoms with Gasteiger partial charge in [-0.25, -0.2) is 4.98 Å². The molecule has 0 spiro atoms. The Morgan fingerprint density at radius 1 is 0.950 bits per heavy atom. The van der Waals surface area contributed by atoms with E-state index in [0.717, 1.165) is 5.65 Å². The van der Waals surface area contributed by atoms with Crippen LogP contribution in [0, 0.1) is 0 Å². The van der Waals surface area contributed by atoms with Crippen LogP contribution in [-0.2, 0) is 7.05 Å². The molecule has 2 heterocycles. The quantitative estimate of drug-likeness (QED) is 0.653. The largest absolute Gasteiger partial charge is 0.336 e. The fourth-order valence-electron chi connectivity index (χ4n) is 3.04. The molecule has 0 aliphatic heterocycles. The molecule has 0 amide bonds. The van der Waals surface area contributed by atoms with Crippen LogP contribution in [0.2, 0.25) is 19.6 Å². The maximum atomic E-state index is 4.59. The monoisotopic (exact) mass is 280 g/mol. The third kappa shape index (κ3) is 1.98. The smallest absolute Gasteiger partial charge is 0.140 e. The van der Waals surface area contributed by atoms with E-state index in [1.165, 1.54) is 21.8 Å². The van der Waals surface area contributed by atoms with E-state index in [1.807, 2.05) is 12.3 Å². The van der Waals surface area contributed by atoms with Crippen LogP contribution in [0.1, 0.15) is 0 Å². The number of fused-ring (bicyclic) bond motifs is 1. The molecule has 2 nitrogen and oxygen atoms in total. The van der Waals surface area contributed by atoms with Gasteiger partial charge in [0.2, 0.25) is 0 Å². The second kappa shape index (κ2) is 4.60. The molecule has 102 valence electrons. The molecule has 1 aromatic carbocycles. The van der Waals surface area contributed by atoms with Crippen molar-refractivity contribution in [2.75, 3.05) is 0 Å². The molecule has 3 rings (SSSR count). The molecule has 0 unspecified atom stereocenters. The number of hydrogen-bond donors (Lipinski definition) is 0. The molecule has 0 saturated carbocycles. The summed E-state index contributed by atoms with van der Waals surface area (Å²) in [5, 5.41) is 2.73. The molecular weight excluding hydrogens is 260 g/mol. The summed E-state index contributed by atoms with van der Waals surface area (Å²) in [6.07, 6.45) is 1.88. The van der Waals surface area contributed by atoms with E-state index in [4.69, 9.17) is 0 Å².